The molecule has 0 spiro atoms. The molecule has 0 aliphatic rings. The zero-order chi connectivity index (χ0) is 14.8. The minimum absolute atomic E-state index is 0.276. The third kappa shape index (κ3) is 2.48. The lowest BCUT2D eigenvalue weighted by atomic mass is 10.0. The van der Waals surface area contributed by atoms with Crippen molar-refractivity contribution in [1.82, 2.24) is 4.98 Å². The summed E-state index contributed by atoms with van der Waals surface area (Å²) >= 11 is 0. The number of aromatic nitrogens is 1. The van der Waals surface area contributed by atoms with E-state index in [1.165, 1.54) is 12.1 Å². The Morgan fingerprint density at radius 3 is 2.57 bits per heavy atom. The molecule has 0 fully saturated rings. The van der Waals surface area contributed by atoms with Gasteiger partial charge in [-0.1, -0.05) is 24.3 Å². The first kappa shape index (κ1) is 13.2. The lowest BCUT2D eigenvalue weighted by Crippen LogP contribution is -2.13. The van der Waals surface area contributed by atoms with E-state index in [1.807, 2.05) is 6.92 Å². The Morgan fingerprint density at radius 2 is 1.81 bits per heavy atom. The van der Waals surface area contributed by atoms with Crippen LogP contribution in [0.3, 0.4) is 0 Å². The highest BCUT2D eigenvalue weighted by molar-refractivity contribution is 6.13. The highest BCUT2D eigenvalue weighted by atomic mass is 19.1. The summed E-state index contributed by atoms with van der Waals surface area (Å²) in [6.07, 6.45) is 1.66. The van der Waals surface area contributed by atoms with Crippen molar-refractivity contribution in [3.05, 3.63) is 71.8 Å². The predicted molar refractivity (Wildman–Crippen MR) is 80.8 cm³/mol. The van der Waals surface area contributed by atoms with E-state index in [4.69, 9.17) is 0 Å². The lowest BCUT2D eigenvalue weighted by Gasteiger charge is -2.10. The molecule has 104 valence electrons. The number of amides is 1. The summed E-state index contributed by atoms with van der Waals surface area (Å²) in [6.45, 7) is 1.82. The first-order valence-electron chi connectivity index (χ1n) is 6.57. The number of aryl methyl sites for hydroxylation is 1. The number of hydrogen-bond donors (Lipinski definition) is 1. The molecule has 21 heavy (non-hydrogen) atoms. The van der Waals surface area contributed by atoms with E-state index in [0.29, 0.717) is 22.0 Å². The van der Waals surface area contributed by atoms with Gasteiger partial charge in [-0.3, -0.25) is 9.78 Å². The molecule has 1 aromatic heterocycles. The smallest absolute Gasteiger partial charge is 0.256 e. The maximum atomic E-state index is 13.8. The van der Waals surface area contributed by atoms with E-state index in [2.05, 4.69) is 10.3 Å². The Morgan fingerprint density at radius 1 is 1.05 bits per heavy atom. The van der Waals surface area contributed by atoms with Gasteiger partial charge in [-0.15, -0.1) is 0 Å². The zero-order valence-electron chi connectivity index (χ0n) is 11.4. The quantitative estimate of drug-likeness (QED) is 0.772. The van der Waals surface area contributed by atoms with E-state index < -0.39 is 0 Å². The van der Waals surface area contributed by atoms with Crippen LogP contribution in [-0.2, 0) is 0 Å². The van der Waals surface area contributed by atoms with Crippen LogP contribution in [0.1, 0.15) is 16.1 Å². The second-order valence-electron chi connectivity index (χ2n) is 4.73. The molecule has 0 bridgehead atoms. The minimum atomic E-state index is -0.334. The van der Waals surface area contributed by atoms with Crippen molar-refractivity contribution in [2.24, 2.45) is 0 Å². The molecule has 1 N–H and O–H groups in total. The Labute approximate surface area is 121 Å². The second kappa shape index (κ2) is 5.32. The third-order valence-electron chi connectivity index (χ3n) is 3.37. The molecular formula is C17H13FN2O. The molecular weight excluding hydrogens is 267 g/mol. The number of rotatable bonds is 2. The van der Waals surface area contributed by atoms with E-state index >= 15 is 0 Å². The Hall–Kier alpha value is -2.75. The van der Waals surface area contributed by atoms with Gasteiger partial charge in [0.1, 0.15) is 5.82 Å². The fraction of sp³-hybridized carbons (Fsp3) is 0.0588. The molecule has 3 aromatic rings. The van der Waals surface area contributed by atoms with Gasteiger partial charge < -0.3 is 5.32 Å². The maximum absolute atomic E-state index is 13.8. The zero-order valence-corrected chi connectivity index (χ0v) is 11.4. The number of anilines is 1. The van der Waals surface area contributed by atoms with Crippen molar-refractivity contribution < 1.29 is 9.18 Å². The number of pyridine rings is 1. The van der Waals surface area contributed by atoms with Gasteiger partial charge in [-0.25, -0.2) is 4.39 Å². The summed E-state index contributed by atoms with van der Waals surface area (Å²) in [7, 11) is 0. The molecule has 1 amide bonds. The maximum Gasteiger partial charge on any atom is 0.256 e. The highest BCUT2D eigenvalue weighted by Gasteiger charge is 2.13. The van der Waals surface area contributed by atoms with Crippen LogP contribution >= 0.6 is 0 Å². The van der Waals surface area contributed by atoms with Crippen molar-refractivity contribution in [1.29, 1.82) is 0 Å². The lowest BCUT2D eigenvalue weighted by molar-refractivity contribution is 0.102. The van der Waals surface area contributed by atoms with Gasteiger partial charge in [0, 0.05) is 17.1 Å². The van der Waals surface area contributed by atoms with Crippen molar-refractivity contribution in [3.63, 3.8) is 0 Å². The Balaban J connectivity index is 2.03. The van der Waals surface area contributed by atoms with Gasteiger partial charge in [0.05, 0.1) is 11.4 Å². The fourth-order valence-electron chi connectivity index (χ4n) is 2.27. The van der Waals surface area contributed by atoms with Crippen LogP contribution < -0.4 is 5.32 Å². The molecule has 1 heterocycles. The van der Waals surface area contributed by atoms with Crippen molar-refractivity contribution in [3.8, 4) is 0 Å². The normalized spacial score (nSPS) is 10.6. The molecule has 4 heteroatoms. The summed E-state index contributed by atoms with van der Waals surface area (Å²) in [5, 5.41) is 3.85. The summed E-state index contributed by atoms with van der Waals surface area (Å²) in [5.74, 6) is -0.609. The number of hydrogen-bond acceptors (Lipinski definition) is 2. The summed E-state index contributed by atoms with van der Waals surface area (Å²) in [5.41, 5.74) is 1.82. The van der Waals surface area contributed by atoms with Gasteiger partial charge in [-0.05, 0) is 36.6 Å². The van der Waals surface area contributed by atoms with Crippen LogP contribution in [0, 0.1) is 12.7 Å². The molecule has 0 aliphatic heterocycles. The standard InChI is InChI=1S/C17H13FN2O/c1-11-16(7-4-10-19-11)20-17(21)14-8-9-15(18)13-6-3-2-5-12(13)14/h2-10H,1H3,(H,20,21). The Bertz CT molecular complexity index is 830. The number of benzene rings is 2. The largest absolute Gasteiger partial charge is 0.320 e. The minimum Gasteiger partial charge on any atom is -0.320 e. The molecule has 0 aliphatic carbocycles. The van der Waals surface area contributed by atoms with Crippen molar-refractivity contribution >= 4 is 22.4 Å². The van der Waals surface area contributed by atoms with Gasteiger partial charge in [0.25, 0.3) is 5.91 Å². The van der Waals surface area contributed by atoms with Gasteiger partial charge in [0.15, 0.2) is 0 Å². The molecule has 0 atom stereocenters. The van der Waals surface area contributed by atoms with Crippen molar-refractivity contribution in [2.75, 3.05) is 5.32 Å². The number of nitrogens with zero attached hydrogens (tertiary/aromatic N) is 1. The van der Waals surface area contributed by atoms with Crippen LogP contribution in [0.25, 0.3) is 10.8 Å². The van der Waals surface area contributed by atoms with Gasteiger partial charge in [0.2, 0.25) is 0 Å². The summed E-state index contributed by atoms with van der Waals surface area (Å²) in [6, 6.07) is 13.3. The van der Waals surface area contributed by atoms with Crippen LogP contribution in [0.5, 0.6) is 0 Å². The van der Waals surface area contributed by atoms with E-state index in [9.17, 15) is 9.18 Å². The van der Waals surface area contributed by atoms with E-state index in [-0.39, 0.29) is 11.7 Å². The molecule has 0 unspecified atom stereocenters. The first-order chi connectivity index (χ1) is 10.2. The van der Waals surface area contributed by atoms with E-state index in [1.54, 1.807) is 42.6 Å². The van der Waals surface area contributed by atoms with E-state index in [0.717, 1.165) is 5.69 Å². The molecule has 3 rings (SSSR count). The predicted octanol–water partition coefficient (Wildman–Crippen LogP) is 3.93. The number of carbonyl (C=O) groups excluding carboxylic acids is 1. The summed E-state index contributed by atoms with van der Waals surface area (Å²) < 4.78 is 13.8. The monoisotopic (exact) mass is 280 g/mol. The number of nitrogens with one attached hydrogen (secondary N) is 1. The molecule has 0 saturated heterocycles. The molecule has 3 nitrogen and oxygen atoms in total. The average Bonchev–Trinajstić information content (AvgIpc) is 2.50. The number of halogens is 1. The van der Waals surface area contributed by atoms with Crippen LogP contribution in [0.2, 0.25) is 0 Å². The third-order valence-corrected chi connectivity index (χ3v) is 3.37. The van der Waals surface area contributed by atoms with Crippen molar-refractivity contribution in [2.45, 2.75) is 6.92 Å². The van der Waals surface area contributed by atoms with Crippen LogP contribution in [0.15, 0.2) is 54.7 Å². The number of fused-ring (bicyclic) bond motifs is 1. The molecule has 0 radical (unpaired) electrons. The summed E-state index contributed by atoms with van der Waals surface area (Å²) in [4.78, 5) is 16.6. The Kier molecular flexibility index (Phi) is 3.36. The van der Waals surface area contributed by atoms with Gasteiger partial charge >= 0.3 is 0 Å². The highest BCUT2D eigenvalue weighted by Crippen LogP contribution is 2.23. The van der Waals surface area contributed by atoms with Crippen LogP contribution in [-0.4, -0.2) is 10.9 Å². The number of carbonyl (C=O) groups is 1. The first-order valence-corrected chi connectivity index (χ1v) is 6.57. The molecule has 0 saturated carbocycles. The fourth-order valence-corrected chi connectivity index (χ4v) is 2.27. The topological polar surface area (TPSA) is 42.0 Å². The SMILES string of the molecule is Cc1ncccc1NC(=O)c1ccc(F)c2ccccc12. The molecule has 2 aromatic carbocycles. The second-order valence-corrected chi connectivity index (χ2v) is 4.73. The average molecular weight is 280 g/mol. The van der Waals surface area contributed by atoms with Gasteiger partial charge in [-0.2, -0.15) is 0 Å². The van der Waals surface area contributed by atoms with Crippen LogP contribution in [0.4, 0.5) is 10.1 Å².